The average Bonchev–Trinajstić information content (AvgIpc) is 3.21. The molecule has 0 aliphatic heterocycles. The summed E-state index contributed by atoms with van der Waals surface area (Å²) >= 11 is 12.0. The maximum absolute atomic E-state index is 12.5. The number of nitrogens with one attached hydrogen (secondary N) is 1. The van der Waals surface area contributed by atoms with E-state index < -0.39 is 0 Å². The topological polar surface area (TPSA) is 63.1 Å². The minimum absolute atomic E-state index is 0.0783. The van der Waals surface area contributed by atoms with Gasteiger partial charge in [-0.1, -0.05) is 35.3 Å². The third-order valence-electron chi connectivity index (χ3n) is 4.57. The van der Waals surface area contributed by atoms with Crippen molar-refractivity contribution >= 4 is 29.2 Å². The molecule has 0 saturated heterocycles. The van der Waals surface area contributed by atoms with Crippen LogP contribution in [0.2, 0.25) is 10.0 Å². The molecule has 6 nitrogen and oxygen atoms in total. The summed E-state index contributed by atoms with van der Waals surface area (Å²) in [7, 11) is 1.78. The summed E-state index contributed by atoms with van der Waals surface area (Å²) < 4.78 is 1.69. The molecule has 1 unspecified atom stereocenters. The maximum Gasteiger partial charge on any atom is 0.317 e. The van der Waals surface area contributed by atoms with Gasteiger partial charge in [-0.2, -0.15) is 5.10 Å². The Bertz CT molecular complexity index is 908. The van der Waals surface area contributed by atoms with E-state index in [1.54, 1.807) is 29.0 Å². The summed E-state index contributed by atoms with van der Waals surface area (Å²) in [6.45, 7) is 2.48. The molecule has 1 atom stereocenters. The molecule has 2 amide bonds. The zero-order valence-electron chi connectivity index (χ0n) is 15.6. The minimum Gasteiger partial charge on any atom is -0.338 e. The van der Waals surface area contributed by atoms with E-state index in [-0.39, 0.29) is 12.1 Å². The van der Waals surface area contributed by atoms with Crippen molar-refractivity contribution in [3.8, 4) is 5.69 Å². The lowest BCUT2D eigenvalue weighted by Crippen LogP contribution is -2.39. The second-order valence-electron chi connectivity index (χ2n) is 6.48. The van der Waals surface area contributed by atoms with Crippen LogP contribution in [0.15, 0.2) is 55.1 Å². The van der Waals surface area contributed by atoms with E-state index >= 15 is 0 Å². The van der Waals surface area contributed by atoms with Crippen molar-refractivity contribution in [2.75, 3.05) is 13.6 Å². The molecule has 3 rings (SSSR count). The van der Waals surface area contributed by atoms with Crippen molar-refractivity contribution in [1.82, 2.24) is 25.0 Å². The first-order valence-electron chi connectivity index (χ1n) is 8.84. The van der Waals surface area contributed by atoms with Gasteiger partial charge in [0, 0.05) is 23.6 Å². The fraction of sp³-hybridized carbons (Fsp3) is 0.250. The zero-order chi connectivity index (χ0) is 20.1. The number of rotatable bonds is 6. The van der Waals surface area contributed by atoms with Crippen LogP contribution in [0.4, 0.5) is 4.79 Å². The van der Waals surface area contributed by atoms with Crippen LogP contribution in [0.25, 0.3) is 5.69 Å². The van der Waals surface area contributed by atoms with E-state index in [2.05, 4.69) is 15.4 Å². The summed E-state index contributed by atoms with van der Waals surface area (Å²) in [6.07, 6.45) is 3.79. The van der Waals surface area contributed by atoms with Crippen molar-refractivity contribution in [2.45, 2.75) is 19.4 Å². The molecular weight excluding hydrogens is 397 g/mol. The van der Waals surface area contributed by atoms with E-state index in [1.165, 1.54) is 6.33 Å². The Morgan fingerprint density at radius 3 is 2.46 bits per heavy atom. The number of halogens is 2. The van der Waals surface area contributed by atoms with Gasteiger partial charge < -0.3 is 10.2 Å². The standard InChI is InChI=1S/C20H21Cl2N5O/c1-14(16-3-5-19(6-4-16)27-13-23-12-25-27)26(2)20(28)24-8-7-15-9-17(21)11-18(22)10-15/h3-6,9-14H,7-8H2,1-2H3,(H,24,28). The molecule has 2 aromatic carbocycles. The summed E-state index contributed by atoms with van der Waals surface area (Å²) in [4.78, 5) is 18.1. The Balaban J connectivity index is 1.55. The van der Waals surface area contributed by atoms with Gasteiger partial charge in [-0.05, 0) is 54.8 Å². The van der Waals surface area contributed by atoms with Crippen molar-refractivity contribution in [2.24, 2.45) is 0 Å². The Kier molecular flexibility index (Phi) is 6.54. The molecule has 1 heterocycles. The molecule has 146 valence electrons. The predicted octanol–water partition coefficient (Wildman–Crippen LogP) is 4.52. The van der Waals surface area contributed by atoms with Crippen molar-refractivity contribution in [3.05, 3.63) is 76.3 Å². The molecule has 0 aliphatic rings. The second-order valence-corrected chi connectivity index (χ2v) is 7.35. The van der Waals surface area contributed by atoms with E-state index in [0.29, 0.717) is 23.0 Å². The van der Waals surface area contributed by atoms with Gasteiger partial charge in [0.1, 0.15) is 12.7 Å². The molecule has 3 aromatic rings. The number of nitrogens with zero attached hydrogens (tertiary/aromatic N) is 4. The fourth-order valence-corrected chi connectivity index (χ4v) is 3.41. The quantitative estimate of drug-likeness (QED) is 0.640. The highest BCUT2D eigenvalue weighted by Crippen LogP contribution is 2.21. The fourth-order valence-electron chi connectivity index (χ4n) is 2.84. The molecule has 28 heavy (non-hydrogen) atoms. The first kappa shape index (κ1) is 20.2. The SMILES string of the molecule is CC(c1ccc(-n2cncn2)cc1)N(C)C(=O)NCCc1cc(Cl)cc(Cl)c1. The summed E-state index contributed by atoms with van der Waals surface area (Å²) in [5.74, 6) is 0. The van der Waals surface area contributed by atoms with Gasteiger partial charge >= 0.3 is 6.03 Å². The number of hydrogen-bond acceptors (Lipinski definition) is 3. The van der Waals surface area contributed by atoms with Gasteiger partial charge in [-0.25, -0.2) is 14.5 Å². The molecule has 0 bridgehead atoms. The number of carbonyl (C=O) groups excluding carboxylic acids is 1. The van der Waals surface area contributed by atoms with E-state index in [1.807, 2.05) is 43.3 Å². The van der Waals surface area contributed by atoms with Crippen LogP contribution in [0.3, 0.4) is 0 Å². The van der Waals surface area contributed by atoms with Crippen LogP contribution < -0.4 is 5.32 Å². The number of carbonyl (C=O) groups is 1. The molecule has 0 spiro atoms. The molecular formula is C20H21Cl2N5O. The molecule has 0 aliphatic carbocycles. The minimum atomic E-state index is -0.138. The van der Waals surface area contributed by atoms with Gasteiger partial charge in [0.15, 0.2) is 0 Å². The highest BCUT2D eigenvalue weighted by molar-refractivity contribution is 6.34. The Morgan fingerprint density at radius 1 is 1.18 bits per heavy atom. The number of benzene rings is 2. The number of aromatic nitrogens is 3. The molecule has 0 saturated carbocycles. The largest absolute Gasteiger partial charge is 0.338 e. The monoisotopic (exact) mass is 417 g/mol. The molecule has 0 radical (unpaired) electrons. The van der Waals surface area contributed by atoms with Crippen LogP contribution in [-0.4, -0.2) is 39.3 Å². The highest BCUT2D eigenvalue weighted by Gasteiger charge is 2.17. The summed E-state index contributed by atoms with van der Waals surface area (Å²) in [6, 6.07) is 13.1. The number of amides is 2. The number of hydrogen-bond donors (Lipinski definition) is 1. The van der Waals surface area contributed by atoms with Crippen molar-refractivity contribution in [1.29, 1.82) is 0 Å². The third-order valence-corrected chi connectivity index (χ3v) is 5.01. The Labute approximate surface area is 174 Å². The lowest BCUT2D eigenvalue weighted by Gasteiger charge is -2.25. The zero-order valence-corrected chi connectivity index (χ0v) is 17.2. The van der Waals surface area contributed by atoms with Gasteiger partial charge in [0.25, 0.3) is 0 Å². The van der Waals surface area contributed by atoms with Gasteiger partial charge in [-0.15, -0.1) is 0 Å². The van der Waals surface area contributed by atoms with E-state index in [0.717, 1.165) is 16.8 Å². The first-order valence-corrected chi connectivity index (χ1v) is 9.60. The van der Waals surface area contributed by atoms with Crippen LogP contribution in [0.5, 0.6) is 0 Å². The molecule has 0 fully saturated rings. The molecule has 1 aromatic heterocycles. The summed E-state index contributed by atoms with van der Waals surface area (Å²) in [5.41, 5.74) is 2.93. The van der Waals surface area contributed by atoms with E-state index in [9.17, 15) is 4.79 Å². The third kappa shape index (κ3) is 5.03. The van der Waals surface area contributed by atoms with Crippen molar-refractivity contribution in [3.63, 3.8) is 0 Å². The van der Waals surface area contributed by atoms with Crippen LogP contribution >= 0.6 is 23.2 Å². The van der Waals surface area contributed by atoms with Gasteiger partial charge in [0.2, 0.25) is 0 Å². The van der Waals surface area contributed by atoms with Crippen LogP contribution in [-0.2, 0) is 6.42 Å². The molecule has 8 heteroatoms. The van der Waals surface area contributed by atoms with Crippen molar-refractivity contribution < 1.29 is 4.79 Å². The van der Waals surface area contributed by atoms with Crippen LogP contribution in [0, 0.1) is 0 Å². The highest BCUT2D eigenvalue weighted by atomic mass is 35.5. The summed E-state index contributed by atoms with van der Waals surface area (Å²) in [5, 5.41) is 8.22. The second kappa shape index (κ2) is 9.08. The maximum atomic E-state index is 12.5. The normalized spacial score (nSPS) is 11.9. The lowest BCUT2D eigenvalue weighted by atomic mass is 10.1. The average molecular weight is 418 g/mol. The van der Waals surface area contributed by atoms with Crippen LogP contribution in [0.1, 0.15) is 24.1 Å². The van der Waals surface area contributed by atoms with E-state index in [4.69, 9.17) is 23.2 Å². The Hall–Kier alpha value is -2.57. The molecule has 1 N–H and O–H groups in total. The smallest absolute Gasteiger partial charge is 0.317 e. The lowest BCUT2D eigenvalue weighted by molar-refractivity contribution is 0.194. The Morgan fingerprint density at radius 2 is 1.86 bits per heavy atom. The van der Waals surface area contributed by atoms with Gasteiger partial charge in [-0.3, -0.25) is 0 Å². The van der Waals surface area contributed by atoms with Gasteiger partial charge in [0.05, 0.1) is 11.7 Å². The first-order chi connectivity index (χ1) is 13.4. The number of urea groups is 1. The predicted molar refractivity (Wildman–Crippen MR) is 111 cm³/mol.